The molecule has 4 aliphatic carbocycles. The molecule has 9 atom stereocenters. The fourth-order valence-electron chi connectivity index (χ4n) is 8.12. The zero-order valence-corrected chi connectivity index (χ0v) is 22.3. The zero-order valence-electron chi connectivity index (χ0n) is 22.3. The molecule has 1 aliphatic heterocycles. The maximum Gasteiger partial charge on any atom is 0.317 e. The van der Waals surface area contributed by atoms with Crippen molar-refractivity contribution in [2.75, 3.05) is 13.9 Å². The lowest BCUT2D eigenvalue weighted by Gasteiger charge is -2.47. The number of Topliss-reactive ketones (excluding diaryl/α,β-unsaturated/α-hetero) is 1. The molecule has 12 nitrogen and oxygen atoms in total. The fourth-order valence-corrected chi connectivity index (χ4v) is 8.12. The monoisotopic (exact) mass is 546 g/mol. The van der Waals surface area contributed by atoms with Gasteiger partial charge in [0.15, 0.2) is 18.2 Å². The molecule has 4 bridgehead atoms. The Hall–Kier alpha value is -3.54. The molecule has 5 rings (SSSR count). The van der Waals surface area contributed by atoms with Crippen LogP contribution in [-0.4, -0.2) is 72.9 Å². The van der Waals surface area contributed by atoms with Gasteiger partial charge in [0.1, 0.15) is 23.2 Å². The van der Waals surface area contributed by atoms with Crippen LogP contribution in [0.3, 0.4) is 0 Å². The topological polar surface area (TPSA) is 158 Å². The summed E-state index contributed by atoms with van der Waals surface area (Å²) in [5, 5.41) is 0. The number of ketones is 1. The quantitative estimate of drug-likeness (QED) is 0.153. The van der Waals surface area contributed by atoms with Gasteiger partial charge in [0.05, 0.1) is 11.3 Å². The Balaban J connectivity index is 1.77. The Labute approximate surface area is 223 Å². The average Bonchev–Trinajstić information content (AvgIpc) is 3.26. The number of methoxy groups -OCH3 is 1. The first-order chi connectivity index (χ1) is 18.2. The van der Waals surface area contributed by atoms with E-state index in [-0.39, 0.29) is 18.4 Å². The van der Waals surface area contributed by atoms with Crippen LogP contribution in [-0.2, 0) is 57.2 Å². The van der Waals surface area contributed by atoms with Crippen LogP contribution < -0.4 is 0 Å². The third-order valence-corrected chi connectivity index (χ3v) is 9.25. The van der Waals surface area contributed by atoms with Crippen LogP contribution in [0.15, 0.2) is 24.3 Å². The van der Waals surface area contributed by atoms with E-state index in [9.17, 15) is 28.8 Å². The van der Waals surface area contributed by atoms with Crippen molar-refractivity contribution in [2.45, 2.75) is 63.9 Å². The van der Waals surface area contributed by atoms with Crippen LogP contribution in [0.4, 0.5) is 0 Å². The van der Waals surface area contributed by atoms with Crippen molar-refractivity contribution >= 4 is 35.6 Å². The van der Waals surface area contributed by atoms with Gasteiger partial charge in [-0.1, -0.05) is 6.58 Å². The second-order valence-corrected chi connectivity index (χ2v) is 11.1. The molecule has 1 spiro atoms. The van der Waals surface area contributed by atoms with E-state index < -0.39 is 94.4 Å². The minimum Gasteiger partial charge on any atom is -0.458 e. The summed E-state index contributed by atoms with van der Waals surface area (Å²) in [6.45, 7) is 8.58. The van der Waals surface area contributed by atoms with Crippen molar-refractivity contribution in [3.8, 4) is 0 Å². The number of ether oxygens (including phenoxy) is 6. The van der Waals surface area contributed by atoms with Gasteiger partial charge in [0.2, 0.25) is 0 Å². The predicted octanol–water partition coefficient (Wildman–Crippen LogP) is 0.952. The van der Waals surface area contributed by atoms with E-state index in [2.05, 4.69) is 6.58 Å². The molecular formula is C27H30O12. The Morgan fingerprint density at radius 2 is 1.74 bits per heavy atom. The van der Waals surface area contributed by atoms with Gasteiger partial charge in [-0.15, -0.1) is 0 Å². The van der Waals surface area contributed by atoms with E-state index in [0.717, 1.165) is 6.92 Å². The molecule has 210 valence electrons. The van der Waals surface area contributed by atoms with Gasteiger partial charge in [0, 0.05) is 51.7 Å². The summed E-state index contributed by atoms with van der Waals surface area (Å²) in [7, 11) is 1.32. The third kappa shape index (κ3) is 3.20. The maximum atomic E-state index is 14.3. The molecule has 1 saturated heterocycles. The summed E-state index contributed by atoms with van der Waals surface area (Å²) in [4.78, 5) is 78.2. The molecule has 0 unspecified atom stereocenters. The lowest BCUT2D eigenvalue weighted by atomic mass is 9.60. The molecule has 12 heteroatoms. The summed E-state index contributed by atoms with van der Waals surface area (Å²) in [6, 6.07) is 0. The highest BCUT2D eigenvalue weighted by Gasteiger charge is 2.88. The minimum atomic E-state index is -1.74. The highest BCUT2D eigenvalue weighted by atomic mass is 16.7. The van der Waals surface area contributed by atoms with E-state index in [1.54, 1.807) is 6.08 Å². The largest absolute Gasteiger partial charge is 0.458 e. The fraction of sp³-hybridized carbons (Fsp3) is 0.630. The SMILES string of the molecule is C=C1C(=O)[C@]23C[C@@]1(OC(C)=O)[C@@H](OC(C)=O)C[C@H]2[C@@]12C=C[C@H](OC(C)=O)[C@@](C)(C(=O)O1)[C@H]2[C@@H]3C(=O)OCOC. The molecule has 4 fully saturated rings. The zero-order chi connectivity index (χ0) is 28.7. The Bertz CT molecular complexity index is 1250. The molecule has 0 aromatic heterocycles. The number of carbonyl (C=O) groups is 6. The van der Waals surface area contributed by atoms with Gasteiger partial charge in [-0.25, -0.2) is 0 Å². The van der Waals surface area contributed by atoms with E-state index in [1.807, 2.05) is 0 Å². The molecule has 5 aliphatic rings. The first-order valence-electron chi connectivity index (χ1n) is 12.6. The highest BCUT2D eigenvalue weighted by Crippen LogP contribution is 2.77. The minimum absolute atomic E-state index is 0.0892. The van der Waals surface area contributed by atoms with Crippen LogP contribution >= 0.6 is 0 Å². The third-order valence-electron chi connectivity index (χ3n) is 9.25. The van der Waals surface area contributed by atoms with Gasteiger partial charge < -0.3 is 28.4 Å². The highest BCUT2D eigenvalue weighted by molar-refractivity contribution is 6.09. The second kappa shape index (κ2) is 8.48. The Morgan fingerprint density at radius 3 is 2.33 bits per heavy atom. The molecule has 3 saturated carbocycles. The van der Waals surface area contributed by atoms with Crippen molar-refractivity contribution in [3.63, 3.8) is 0 Å². The molecule has 0 N–H and O–H groups in total. The lowest BCUT2D eigenvalue weighted by molar-refractivity contribution is -0.198. The summed E-state index contributed by atoms with van der Waals surface area (Å²) in [6.07, 6.45) is 0.511. The number of hydrogen-bond donors (Lipinski definition) is 0. The number of rotatable bonds is 6. The van der Waals surface area contributed by atoms with Crippen molar-refractivity contribution in [2.24, 2.45) is 28.6 Å². The number of hydrogen-bond acceptors (Lipinski definition) is 12. The average molecular weight is 547 g/mol. The van der Waals surface area contributed by atoms with Gasteiger partial charge >= 0.3 is 29.8 Å². The molecule has 0 amide bonds. The van der Waals surface area contributed by atoms with Crippen molar-refractivity contribution in [1.82, 2.24) is 0 Å². The molecule has 39 heavy (non-hydrogen) atoms. The van der Waals surface area contributed by atoms with Gasteiger partial charge in [-0.2, -0.15) is 0 Å². The molecule has 0 radical (unpaired) electrons. The van der Waals surface area contributed by atoms with Crippen molar-refractivity contribution in [1.29, 1.82) is 0 Å². The summed E-state index contributed by atoms with van der Waals surface area (Å²) < 4.78 is 33.2. The maximum absolute atomic E-state index is 14.3. The predicted molar refractivity (Wildman–Crippen MR) is 126 cm³/mol. The molecule has 0 aromatic rings. The standard InChI is InChI=1S/C27H30O12/c1-12-21(31)25-10-27(12,38-15(4)30)18(37-14(3)29)9-16(25)26-8-7-17(36-13(2)28)24(5,23(33)39-26)20(26)19(25)22(32)35-11-34-6/h7-8,16-20H,1,9-11H2,2-6H3/t16-,17+,18+,19-,20-,24-,25-,26-,27+/m1/s1. The molecule has 1 heterocycles. The van der Waals surface area contributed by atoms with Crippen LogP contribution in [0, 0.1) is 28.6 Å². The van der Waals surface area contributed by atoms with Crippen LogP contribution in [0.2, 0.25) is 0 Å². The molecular weight excluding hydrogens is 516 g/mol. The smallest absolute Gasteiger partial charge is 0.317 e. The second-order valence-electron chi connectivity index (χ2n) is 11.1. The number of fused-ring (bicyclic) bond motifs is 1. The van der Waals surface area contributed by atoms with E-state index in [1.165, 1.54) is 34.0 Å². The molecule has 0 aromatic carbocycles. The van der Waals surface area contributed by atoms with E-state index in [0.29, 0.717) is 0 Å². The lowest BCUT2D eigenvalue weighted by Crippen LogP contribution is -2.57. The van der Waals surface area contributed by atoms with Crippen LogP contribution in [0.5, 0.6) is 0 Å². The first kappa shape index (κ1) is 27.0. The van der Waals surface area contributed by atoms with E-state index >= 15 is 0 Å². The summed E-state index contributed by atoms with van der Waals surface area (Å²) >= 11 is 0. The van der Waals surface area contributed by atoms with Crippen molar-refractivity contribution < 1.29 is 57.2 Å². The normalized spacial score (nSPS) is 42.8. The van der Waals surface area contributed by atoms with Gasteiger partial charge in [-0.05, 0) is 25.5 Å². The summed E-state index contributed by atoms with van der Waals surface area (Å²) in [5.74, 6) is -7.42. The Kier molecular flexibility index (Phi) is 5.88. The summed E-state index contributed by atoms with van der Waals surface area (Å²) in [5.41, 5.74) is -6.55. The number of carbonyl (C=O) groups excluding carboxylic acids is 6. The van der Waals surface area contributed by atoms with Crippen LogP contribution in [0.25, 0.3) is 0 Å². The van der Waals surface area contributed by atoms with Crippen LogP contribution in [0.1, 0.15) is 40.5 Å². The number of esters is 5. The Morgan fingerprint density at radius 1 is 1.08 bits per heavy atom. The van der Waals surface area contributed by atoms with Gasteiger partial charge in [-0.3, -0.25) is 28.8 Å². The van der Waals surface area contributed by atoms with Crippen molar-refractivity contribution in [3.05, 3.63) is 24.3 Å². The first-order valence-corrected chi connectivity index (χ1v) is 12.6. The van der Waals surface area contributed by atoms with E-state index in [4.69, 9.17) is 28.4 Å². The van der Waals surface area contributed by atoms with Gasteiger partial charge in [0.25, 0.3) is 0 Å².